The van der Waals surface area contributed by atoms with E-state index in [4.69, 9.17) is 4.74 Å². The molecule has 192 valence electrons. The molecule has 0 spiro atoms. The number of hydrogen-bond donors (Lipinski definition) is 3. The first-order valence-electron chi connectivity index (χ1n) is 12.6. The highest BCUT2D eigenvalue weighted by Gasteiger charge is 2.26. The molecule has 0 atom stereocenters. The van der Waals surface area contributed by atoms with Gasteiger partial charge in [0.2, 0.25) is 5.95 Å². The Morgan fingerprint density at radius 2 is 1.86 bits per heavy atom. The Hall–Kier alpha value is -3.92. The molecule has 2 aliphatic heterocycles. The lowest BCUT2D eigenvalue weighted by atomic mass is 10.1. The second-order valence-corrected chi connectivity index (χ2v) is 9.63. The van der Waals surface area contributed by atoms with Crippen LogP contribution in [0.2, 0.25) is 0 Å². The summed E-state index contributed by atoms with van der Waals surface area (Å²) in [5.74, 6) is -0.753. The molecule has 0 amide bonds. The van der Waals surface area contributed by atoms with Crippen LogP contribution in [0, 0.1) is 11.6 Å². The van der Waals surface area contributed by atoms with Crippen molar-refractivity contribution >= 4 is 33.9 Å². The molecule has 0 aliphatic carbocycles. The molecule has 0 radical (unpaired) electrons. The molecule has 0 unspecified atom stereocenters. The fraction of sp³-hybridized carbons (Fsp3) is 0.333. The Labute approximate surface area is 213 Å². The smallest absolute Gasteiger partial charge is 0.227 e. The van der Waals surface area contributed by atoms with Crippen molar-refractivity contribution in [3.8, 4) is 17.0 Å². The van der Waals surface area contributed by atoms with Gasteiger partial charge >= 0.3 is 0 Å². The molecule has 2 aromatic carbocycles. The Kier molecular flexibility index (Phi) is 6.03. The van der Waals surface area contributed by atoms with Gasteiger partial charge in [0, 0.05) is 60.6 Å². The van der Waals surface area contributed by atoms with Gasteiger partial charge in [0.15, 0.2) is 17.4 Å². The number of ether oxygens (including phenoxy) is 1. The Bertz CT molecular complexity index is 1450. The normalized spacial score (nSPS) is 15.7. The van der Waals surface area contributed by atoms with Crippen LogP contribution in [-0.2, 0) is 0 Å². The molecule has 3 N–H and O–H groups in total. The second kappa shape index (κ2) is 9.51. The summed E-state index contributed by atoms with van der Waals surface area (Å²) in [6, 6.07) is 9.11. The maximum Gasteiger partial charge on any atom is 0.227 e. The van der Waals surface area contributed by atoms with Gasteiger partial charge in [-0.2, -0.15) is 0 Å². The molecular formula is C27H29F2N7O. The SMILES string of the molecule is CC(C)N1CCOc2c(F)cc(-c3nc(Nc4ccc5c(N6CCNCC6)c[nH]c5c4)ncc3F)cc21. The van der Waals surface area contributed by atoms with Crippen LogP contribution in [0.5, 0.6) is 5.75 Å². The fourth-order valence-corrected chi connectivity index (χ4v) is 5.09. The number of halogens is 2. The monoisotopic (exact) mass is 505 g/mol. The van der Waals surface area contributed by atoms with E-state index >= 15 is 0 Å². The first kappa shape index (κ1) is 23.5. The number of nitrogens with one attached hydrogen (secondary N) is 3. The van der Waals surface area contributed by atoms with E-state index in [0.717, 1.165) is 49.0 Å². The van der Waals surface area contributed by atoms with E-state index in [0.29, 0.717) is 24.4 Å². The number of aromatic nitrogens is 3. The van der Waals surface area contributed by atoms with Crippen LogP contribution in [0.25, 0.3) is 22.2 Å². The van der Waals surface area contributed by atoms with Crippen molar-refractivity contribution < 1.29 is 13.5 Å². The summed E-state index contributed by atoms with van der Waals surface area (Å²) >= 11 is 0. The van der Waals surface area contributed by atoms with E-state index in [-0.39, 0.29) is 23.4 Å². The van der Waals surface area contributed by atoms with E-state index in [1.165, 1.54) is 11.8 Å². The summed E-state index contributed by atoms with van der Waals surface area (Å²) in [4.78, 5) is 16.3. The van der Waals surface area contributed by atoms with Gasteiger partial charge in [0.25, 0.3) is 0 Å². The Morgan fingerprint density at radius 3 is 2.68 bits per heavy atom. The lowest BCUT2D eigenvalue weighted by Gasteiger charge is -2.34. The molecule has 6 rings (SSSR count). The second-order valence-electron chi connectivity index (χ2n) is 9.63. The largest absolute Gasteiger partial charge is 0.486 e. The molecule has 1 fully saturated rings. The van der Waals surface area contributed by atoms with E-state index in [1.54, 1.807) is 6.07 Å². The number of fused-ring (bicyclic) bond motifs is 2. The lowest BCUT2D eigenvalue weighted by molar-refractivity contribution is 0.287. The average Bonchev–Trinajstić information content (AvgIpc) is 3.33. The zero-order chi connectivity index (χ0) is 25.5. The van der Waals surface area contributed by atoms with Gasteiger partial charge in [-0.15, -0.1) is 0 Å². The van der Waals surface area contributed by atoms with Gasteiger partial charge in [0.1, 0.15) is 12.3 Å². The minimum Gasteiger partial charge on any atom is -0.486 e. The summed E-state index contributed by atoms with van der Waals surface area (Å²) in [6.07, 6.45) is 3.13. The number of hydrogen-bond acceptors (Lipinski definition) is 7. The predicted octanol–water partition coefficient (Wildman–Crippen LogP) is 4.66. The average molecular weight is 506 g/mol. The predicted molar refractivity (Wildman–Crippen MR) is 142 cm³/mol. The number of aromatic amines is 1. The highest BCUT2D eigenvalue weighted by atomic mass is 19.1. The molecule has 37 heavy (non-hydrogen) atoms. The summed E-state index contributed by atoms with van der Waals surface area (Å²) in [7, 11) is 0. The molecular weight excluding hydrogens is 476 g/mol. The molecule has 4 heterocycles. The van der Waals surface area contributed by atoms with Crippen LogP contribution >= 0.6 is 0 Å². The van der Waals surface area contributed by atoms with Crippen LogP contribution in [0.1, 0.15) is 13.8 Å². The minimum absolute atomic E-state index is 0.0235. The number of H-pyrrole nitrogens is 1. The van der Waals surface area contributed by atoms with Crippen LogP contribution in [0.3, 0.4) is 0 Å². The molecule has 8 nitrogen and oxygen atoms in total. The molecule has 0 bridgehead atoms. The van der Waals surface area contributed by atoms with Crippen molar-refractivity contribution in [2.24, 2.45) is 0 Å². The van der Waals surface area contributed by atoms with Gasteiger partial charge in [-0.25, -0.2) is 18.7 Å². The Balaban J connectivity index is 1.30. The molecule has 4 aromatic rings. The number of rotatable bonds is 5. The van der Waals surface area contributed by atoms with Crippen molar-refractivity contribution in [2.75, 3.05) is 54.4 Å². The number of piperazine rings is 1. The topological polar surface area (TPSA) is 81.3 Å². The van der Waals surface area contributed by atoms with E-state index in [9.17, 15) is 8.78 Å². The molecule has 2 aliphatic rings. The fourth-order valence-electron chi connectivity index (χ4n) is 5.09. The van der Waals surface area contributed by atoms with Gasteiger partial charge in [-0.1, -0.05) is 0 Å². The standard InChI is InChI=1S/C27H29F2N7O/c1-16(2)36-9-10-37-26-20(28)11-17(12-23(26)36)25-21(29)14-32-27(34-25)33-18-3-4-19-22(13-18)31-15-24(19)35-7-5-30-6-8-35/h3-4,11-16,30-31H,5-10H2,1-2H3,(H,32,33,34). The first-order chi connectivity index (χ1) is 18.0. The summed E-state index contributed by atoms with van der Waals surface area (Å²) in [6.45, 7) is 8.94. The molecule has 10 heteroatoms. The van der Waals surface area contributed by atoms with Crippen molar-refractivity contribution in [1.29, 1.82) is 0 Å². The van der Waals surface area contributed by atoms with Crippen LogP contribution in [0.15, 0.2) is 42.7 Å². The summed E-state index contributed by atoms with van der Waals surface area (Å²) in [5.41, 5.74) is 3.87. The molecule has 0 saturated carbocycles. The minimum atomic E-state index is -0.627. The Morgan fingerprint density at radius 1 is 1.03 bits per heavy atom. The third kappa shape index (κ3) is 4.42. The summed E-state index contributed by atoms with van der Waals surface area (Å²) in [5, 5.41) is 7.67. The first-order valence-corrected chi connectivity index (χ1v) is 12.6. The number of benzene rings is 2. The van der Waals surface area contributed by atoms with Gasteiger partial charge in [-0.05, 0) is 44.2 Å². The third-order valence-corrected chi connectivity index (χ3v) is 6.93. The molecule has 2 aromatic heterocycles. The maximum absolute atomic E-state index is 15.0. The highest BCUT2D eigenvalue weighted by Crippen LogP contribution is 2.39. The van der Waals surface area contributed by atoms with E-state index < -0.39 is 11.6 Å². The van der Waals surface area contributed by atoms with E-state index in [1.807, 2.05) is 37.1 Å². The third-order valence-electron chi connectivity index (χ3n) is 6.93. The van der Waals surface area contributed by atoms with Crippen molar-refractivity contribution in [2.45, 2.75) is 19.9 Å². The van der Waals surface area contributed by atoms with Crippen LogP contribution in [-0.4, -0.2) is 60.3 Å². The number of nitrogens with zero attached hydrogens (tertiary/aromatic N) is 4. The molecule has 1 saturated heterocycles. The van der Waals surface area contributed by atoms with Crippen molar-refractivity contribution in [1.82, 2.24) is 20.3 Å². The maximum atomic E-state index is 15.0. The van der Waals surface area contributed by atoms with Crippen molar-refractivity contribution in [3.63, 3.8) is 0 Å². The van der Waals surface area contributed by atoms with Crippen LogP contribution in [0.4, 0.5) is 31.8 Å². The van der Waals surface area contributed by atoms with Crippen LogP contribution < -0.4 is 25.2 Å². The highest BCUT2D eigenvalue weighted by molar-refractivity contribution is 5.95. The van der Waals surface area contributed by atoms with Crippen molar-refractivity contribution in [3.05, 3.63) is 54.4 Å². The van der Waals surface area contributed by atoms with E-state index in [2.05, 4.69) is 36.6 Å². The quantitative estimate of drug-likeness (QED) is 0.364. The zero-order valence-electron chi connectivity index (χ0n) is 20.8. The van der Waals surface area contributed by atoms with Gasteiger partial charge in [0.05, 0.1) is 24.1 Å². The number of anilines is 4. The van der Waals surface area contributed by atoms with Gasteiger partial charge in [-0.3, -0.25) is 0 Å². The summed E-state index contributed by atoms with van der Waals surface area (Å²) < 4.78 is 35.4. The lowest BCUT2D eigenvalue weighted by Crippen LogP contribution is -2.43. The van der Waals surface area contributed by atoms with Gasteiger partial charge < -0.3 is 30.2 Å². The zero-order valence-corrected chi connectivity index (χ0v) is 20.8.